The number of anilines is 2. The van der Waals surface area contributed by atoms with Crippen molar-refractivity contribution in [3.8, 4) is 0 Å². The molecule has 138 valence electrons. The number of amides is 1. The van der Waals surface area contributed by atoms with Crippen LogP contribution in [0.5, 0.6) is 0 Å². The molecule has 1 aromatic heterocycles. The van der Waals surface area contributed by atoms with E-state index < -0.39 is 0 Å². The second-order valence-corrected chi connectivity index (χ2v) is 7.58. The van der Waals surface area contributed by atoms with Crippen molar-refractivity contribution in [3.05, 3.63) is 89.7 Å². The first-order valence-electron chi connectivity index (χ1n) is 9.06. The Morgan fingerprint density at radius 2 is 1.63 bits per heavy atom. The van der Waals surface area contributed by atoms with E-state index in [9.17, 15) is 4.79 Å². The Morgan fingerprint density at radius 3 is 2.30 bits per heavy atom. The molecule has 0 saturated carbocycles. The van der Waals surface area contributed by atoms with E-state index in [0.717, 1.165) is 16.9 Å². The second-order valence-electron chi connectivity index (χ2n) is 7.58. The second kappa shape index (κ2) is 8.04. The molecule has 0 aliphatic carbocycles. The molecule has 4 heteroatoms. The minimum atomic E-state index is -0.141. The predicted molar refractivity (Wildman–Crippen MR) is 110 cm³/mol. The van der Waals surface area contributed by atoms with Gasteiger partial charge in [0.05, 0.1) is 17.4 Å². The number of benzene rings is 2. The lowest BCUT2D eigenvalue weighted by atomic mass is 9.87. The van der Waals surface area contributed by atoms with Crippen LogP contribution in [0.25, 0.3) is 0 Å². The van der Waals surface area contributed by atoms with Gasteiger partial charge in [-0.05, 0) is 34.7 Å². The Labute approximate surface area is 160 Å². The van der Waals surface area contributed by atoms with Crippen LogP contribution in [-0.2, 0) is 12.0 Å². The van der Waals surface area contributed by atoms with E-state index >= 15 is 0 Å². The fourth-order valence-electron chi connectivity index (χ4n) is 2.73. The average Bonchev–Trinajstić information content (AvgIpc) is 2.67. The number of hydrogen-bond donors (Lipinski definition) is 2. The largest absolute Gasteiger partial charge is 0.354 e. The van der Waals surface area contributed by atoms with Gasteiger partial charge < -0.3 is 10.6 Å². The smallest absolute Gasteiger partial charge is 0.253 e. The first kappa shape index (κ1) is 18.6. The summed E-state index contributed by atoms with van der Waals surface area (Å²) < 4.78 is 0. The van der Waals surface area contributed by atoms with Gasteiger partial charge in [0.1, 0.15) is 0 Å². The van der Waals surface area contributed by atoms with Crippen LogP contribution in [0.15, 0.2) is 73.1 Å². The van der Waals surface area contributed by atoms with Gasteiger partial charge in [-0.2, -0.15) is 0 Å². The third-order valence-corrected chi connectivity index (χ3v) is 4.34. The van der Waals surface area contributed by atoms with Crippen molar-refractivity contribution in [2.24, 2.45) is 0 Å². The van der Waals surface area contributed by atoms with Crippen molar-refractivity contribution in [2.75, 3.05) is 5.32 Å². The maximum Gasteiger partial charge on any atom is 0.253 e. The number of nitrogens with one attached hydrogen (secondary N) is 2. The summed E-state index contributed by atoms with van der Waals surface area (Å²) in [5.41, 5.74) is 4.74. The van der Waals surface area contributed by atoms with Gasteiger partial charge in [-0.15, -0.1) is 0 Å². The molecule has 0 fully saturated rings. The number of carbonyl (C=O) groups excluding carboxylic acids is 1. The van der Waals surface area contributed by atoms with E-state index in [0.29, 0.717) is 12.1 Å². The number of aromatic nitrogens is 1. The maximum absolute atomic E-state index is 12.4. The number of hydrogen-bond acceptors (Lipinski definition) is 3. The molecule has 1 heterocycles. The first-order chi connectivity index (χ1) is 12.9. The van der Waals surface area contributed by atoms with Crippen molar-refractivity contribution in [1.82, 2.24) is 10.3 Å². The predicted octanol–water partition coefficient (Wildman–Crippen LogP) is 5.05. The molecule has 0 unspecified atom stereocenters. The van der Waals surface area contributed by atoms with E-state index in [1.54, 1.807) is 12.4 Å². The molecule has 0 radical (unpaired) electrons. The SMILES string of the molecule is CC(C)(C)c1ccc(Nc2cncc(C(=O)NCc3ccccc3)c2)cc1. The zero-order chi connectivity index (χ0) is 19.3. The average molecular weight is 359 g/mol. The molecule has 0 saturated heterocycles. The van der Waals surface area contributed by atoms with E-state index in [2.05, 4.69) is 48.5 Å². The van der Waals surface area contributed by atoms with Crippen LogP contribution in [-0.4, -0.2) is 10.9 Å². The molecule has 1 amide bonds. The molecule has 3 aromatic rings. The van der Waals surface area contributed by atoms with E-state index in [4.69, 9.17) is 0 Å². The summed E-state index contributed by atoms with van der Waals surface area (Å²) in [6.07, 6.45) is 3.29. The highest BCUT2D eigenvalue weighted by molar-refractivity contribution is 5.94. The van der Waals surface area contributed by atoms with Crippen LogP contribution < -0.4 is 10.6 Å². The number of rotatable bonds is 5. The van der Waals surface area contributed by atoms with Gasteiger partial charge in [0.15, 0.2) is 0 Å². The molecule has 0 bridgehead atoms. The zero-order valence-corrected chi connectivity index (χ0v) is 16.0. The van der Waals surface area contributed by atoms with E-state index in [-0.39, 0.29) is 11.3 Å². The van der Waals surface area contributed by atoms with Crippen LogP contribution >= 0.6 is 0 Å². The maximum atomic E-state index is 12.4. The zero-order valence-electron chi connectivity index (χ0n) is 16.0. The first-order valence-corrected chi connectivity index (χ1v) is 9.06. The Kier molecular flexibility index (Phi) is 5.55. The fraction of sp³-hybridized carbons (Fsp3) is 0.217. The van der Waals surface area contributed by atoms with Crippen LogP contribution in [0.4, 0.5) is 11.4 Å². The van der Waals surface area contributed by atoms with Gasteiger partial charge in [-0.3, -0.25) is 9.78 Å². The van der Waals surface area contributed by atoms with E-state index in [1.807, 2.05) is 48.5 Å². The van der Waals surface area contributed by atoms with Gasteiger partial charge >= 0.3 is 0 Å². The molecule has 27 heavy (non-hydrogen) atoms. The highest BCUT2D eigenvalue weighted by Gasteiger charge is 2.13. The quantitative estimate of drug-likeness (QED) is 0.670. The Morgan fingerprint density at radius 1 is 0.926 bits per heavy atom. The molecular formula is C23H25N3O. The van der Waals surface area contributed by atoms with Gasteiger partial charge in [0.2, 0.25) is 0 Å². The molecule has 0 atom stereocenters. The van der Waals surface area contributed by atoms with Crippen molar-refractivity contribution in [2.45, 2.75) is 32.7 Å². The minimum absolute atomic E-state index is 0.122. The summed E-state index contributed by atoms with van der Waals surface area (Å²) in [4.78, 5) is 16.6. The summed E-state index contributed by atoms with van der Waals surface area (Å²) in [5.74, 6) is -0.141. The summed E-state index contributed by atoms with van der Waals surface area (Å²) in [6.45, 7) is 7.07. The normalized spacial score (nSPS) is 11.1. The minimum Gasteiger partial charge on any atom is -0.354 e. The molecule has 0 aliphatic heterocycles. The van der Waals surface area contributed by atoms with Crippen LogP contribution in [0, 0.1) is 0 Å². The standard InChI is InChI=1S/C23H25N3O/c1-23(2,3)19-9-11-20(12-10-19)26-21-13-18(15-24-16-21)22(27)25-14-17-7-5-4-6-8-17/h4-13,15-16,26H,14H2,1-3H3,(H,25,27). The summed E-state index contributed by atoms with van der Waals surface area (Å²) in [5, 5.41) is 6.23. The highest BCUT2D eigenvalue weighted by atomic mass is 16.1. The van der Waals surface area contributed by atoms with Gasteiger partial charge in [0, 0.05) is 18.4 Å². The van der Waals surface area contributed by atoms with Crippen LogP contribution in [0.2, 0.25) is 0 Å². The topological polar surface area (TPSA) is 54.0 Å². The Bertz CT molecular complexity index is 897. The number of pyridine rings is 1. The lowest BCUT2D eigenvalue weighted by molar-refractivity contribution is 0.0950. The van der Waals surface area contributed by atoms with Gasteiger partial charge in [-0.1, -0.05) is 63.2 Å². The monoisotopic (exact) mass is 359 g/mol. The Balaban J connectivity index is 1.65. The lowest BCUT2D eigenvalue weighted by Gasteiger charge is -2.19. The van der Waals surface area contributed by atoms with Crippen molar-refractivity contribution in [3.63, 3.8) is 0 Å². The Hall–Kier alpha value is -3.14. The molecule has 2 N–H and O–H groups in total. The molecule has 2 aromatic carbocycles. The summed E-state index contributed by atoms with van der Waals surface area (Å²) in [7, 11) is 0. The van der Waals surface area contributed by atoms with Crippen molar-refractivity contribution in [1.29, 1.82) is 0 Å². The van der Waals surface area contributed by atoms with Gasteiger partial charge in [-0.25, -0.2) is 0 Å². The van der Waals surface area contributed by atoms with Crippen LogP contribution in [0.1, 0.15) is 42.3 Å². The third-order valence-electron chi connectivity index (χ3n) is 4.34. The molecule has 4 nitrogen and oxygen atoms in total. The van der Waals surface area contributed by atoms with Crippen molar-refractivity contribution < 1.29 is 4.79 Å². The van der Waals surface area contributed by atoms with Crippen LogP contribution in [0.3, 0.4) is 0 Å². The molecule has 0 aliphatic rings. The molecule has 3 rings (SSSR count). The molecular weight excluding hydrogens is 334 g/mol. The lowest BCUT2D eigenvalue weighted by Crippen LogP contribution is -2.22. The fourth-order valence-corrected chi connectivity index (χ4v) is 2.73. The third kappa shape index (κ3) is 5.17. The molecule has 0 spiro atoms. The van der Waals surface area contributed by atoms with Gasteiger partial charge in [0.25, 0.3) is 5.91 Å². The summed E-state index contributed by atoms with van der Waals surface area (Å²) in [6, 6.07) is 20.0. The number of nitrogens with zero attached hydrogens (tertiary/aromatic N) is 1. The van der Waals surface area contributed by atoms with Crippen molar-refractivity contribution >= 4 is 17.3 Å². The summed E-state index contributed by atoms with van der Waals surface area (Å²) >= 11 is 0. The van der Waals surface area contributed by atoms with E-state index in [1.165, 1.54) is 5.56 Å². The number of carbonyl (C=O) groups is 1. The highest BCUT2D eigenvalue weighted by Crippen LogP contribution is 2.25.